The maximum Gasteiger partial charge on any atom is 0.416 e. The second-order valence-corrected chi connectivity index (χ2v) is 9.60. The van der Waals surface area contributed by atoms with Gasteiger partial charge in [0, 0.05) is 23.4 Å². The molecule has 1 amide bonds. The molecule has 3 N–H and O–H groups in total. The number of carboxylic acid groups (broad SMARTS) is 1. The molecule has 0 bridgehead atoms. The number of carboxylic acids is 1. The normalized spacial score (nSPS) is 12.2. The molecule has 3 rings (SSSR count). The van der Waals surface area contributed by atoms with Crippen molar-refractivity contribution in [2.24, 2.45) is 5.92 Å². The van der Waals surface area contributed by atoms with Gasteiger partial charge in [-0.25, -0.2) is 9.97 Å². The highest BCUT2D eigenvalue weighted by Gasteiger charge is 2.31. The van der Waals surface area contributed by atoms with Crippen molar-refractivity contribution in [2.75, 3.05) is 18.5 Å². The van der Waals surface area contributed by atoms with Gasteiger partial charge in [-0.2, -0.15) is 13.2 Å². The molecule has 0 radical (unpaired) electrons. The fourth-order valence-corrected chi connectivity index (χ4v) is 3.94. The number of amides is 1. The first-order valence-electron chi connectivity index (χ1n) is 12.1. The van der Waals surface area contributed by atoms with E-state index >= 15 is 0 Å². The number of carbonyl (C=O) groups excluding carboxylic acids is 1. The van der Waals surface area contributed by atoms with Crippen molar-refractivity contribution in [1.82, 2.24) is 15.3 Å². The van der Waals surface area contributed by atoms with Gasteiger partial charge in [-0.15, -0.1) is 0 Å². The molecule has 8 nitrogen and oxygen atoms in total. The largest absolute Gasteiger partial charge is 0.488 e. The lowest BCUT2D eigenvalue weighted by molar-refractivity contribution is -0.138. The Hall–Kier alpha value is -3.86. The van der Waals surface area contributed by atoms with Crippen LogP contribution in [0.3, 0.4) is 0 Å². The molecule has 12 heteroatoms. The summed E-state index contributed by atoms with van der Waals surface area (Å²) in [6.07, 6.45) is -1.02. The minimum atomic E-state index is -4.50. The Kier molecular flexibility index (Phi) is 10.1. The summed E-state index contributed by atoms with van der Waals surface area (Å²) in [5, 5.41) is 14.5. The van der Waals surface area contributed by atoms with Crippen LogP contribution in [0.4, 0.5) is 18.9 Å². The second kappa shape index (κ2) is 13.3. The number of carbonyl (C=O) groups is 2. The smallest absolute Gasteiger partial charge is 0.416 e. The fraction of sp³-hybridized carbons (Fsp3) is 0.333. The predicted molar refractivity (Wildman–Crippen MR) is 141 cm³/mol. The lowest BCUT2D eigenvalue weighted by atomic mass is 10.0. The van der Waals surface area contributed by atoms with E-state index in [1.807, 2.05) is 0 Å². The van der Waals surface area contributed by atoms with Gasteiger partial charge < -0.3 is 20.5 Å². The lowest BCUT2D eigenvalue weighted by Gasteiger charge is -2.22. The maximum absolute atomic E-state index is 12.9. The molecule has 39 heavy (non-hydrogen) atoms. The van der Waals surface area contributed by atoms with E-state index in [1.54, 1.807) is 24.3 Å². The summed E-state index contributed by atoms with van der Waals surface area (Å²) in [6.45, 7) is 4.47. The molecule has 1 heterocycles. The topological polar surface area (TPSA) is 113 Å². The number of hydrogen-bond acceptors (Lipinski definition) is 6. The van der Waals surface area contributed by atoms with Crippen LogP contribution in [-0.2, 0) is 11.0 Å². The van der Waals surface area contributed by atoms with Gasteiger partial charge in [-0.3, -0.25) is 9.59 Å². The maximum atomic E-state index is 12.9. The molecule has 1 aromatic heterocycles. The van der Waals surface area contributed by atoms with Gasteiger partial charge >= 0.3 is 12.1 Å². The number of ether oxygens (including phenoxy) is 1. The van der Waals surface area contributed by atoms with Gasteiger partial charge in [-0.1, -0.05) is 25.4 Å². The Morgan fingerprint density at radius 3 is 2.31 bits per heavy atom. The Labute approximate surface area is 228 Å². The average molecular weight is 565 g/mol. The highest BCUT2D eigenvalue weighted by Crippen LogP contribution is 2.34. The van der Waals surface area contributed by atoms with Crippen LogP contribution in [0.15, 0.2) is 54.9 Å². The van der Waals surface area contributed by atoms with E-state index < -0.39 is 17.7 Å². The molecular weight excluding hydrogens is 537 g/mol. The van der Waals surface area contributed by atoms with E-state index in [9.17, 15) is 22.8 Å². The molecule has 1 atom stereocenters. The molecule has 0 unspecified atom stereocenters. The van der Waals surface area contributed by atoms with Crippen molar-refractivity contribution in [1.29, 1.82) is 0 Å². The number of alkyl halides is 3. The van der Waals surface area contributed by atoms with E-state index in [4.69, 9.17) is 21.4 Å². The molecule has 0 saturated carbocycles. The summed E-state index contributed by atoms with van der Waals surface area (Å²) in [6, 6.07) is 9.70. The Bertz CT molecular complexity index is 1270. The first kappa shape index (κ1) is 29.7. The van der Waals surface area contributed by atoms with Gasteiger partial charge in [0.1, 0.15) is 6.61 Å². The van der Waals surface area contributed by atoms with Crippen LogP contribution >= 0.6 is 11.6 Å². The van der Waals surface area contributed by atoms with Gasteiger partial charge in [0.05, 0.1) is 35.4 Å². The van der Waals surface area contributed by atoms with E-state index in [0.29, 0.717) is 17.2 Å². The van der Waals surface area contributed by atoms with Crippen molar-refractivity contribution in [3.8, 4) is 17.1 Å². The number of halogens is 4. The minimum absolute atomic E-state index is 0.0457. The number of rotatable bonds is 12. The Morgan fingerprint density at radius 2 is 1.74 bits per heavy atom. The zero-order chi connectivity index (χ0) is 28.6. The molecule has 0 saturated heterocycles. The summed E-state index contributed by atoms with van der Waals surface area (Å²) >= 11 is 6.04. The molecule has 2 aromatic carbocycles. The summed E-state index contributed by atoms with van der Waals surface area (Å²) in [7, 11) is 0. The van der Waals surface area contributed by atoms with Gasteiger partial charge in [0.15, 0.2) is 11.6 Å². The minimum Gasteiger partial charge on any atom is -0.488 e. The molecule has 0 aliphatic rings. The Morgan fingerprint density at radius 1 is 1.08 bits per heavy atom. The quantitative estimate of drug-likeness (QED) is 0.250. The number of benzene rings is 2. The van der Waals surface area contributed by atoms with Crippen molar-refractivity contribution in [2.45, 2.75) is 38.9 Å². The average Bonchev–Trinajstić information content (AvgIpc) is 2.87. The van der Waals surface area contributed by atoms with Crippen LogP contribution in [0, 0.1) is 5.92 Å². The van der Waals surface area contributed by atoms with E-state index in [-0.39, 0.29) is 47.9 Å². The van der Waals surface area contributed by atoms with E-state index in [1.165, 1.54) is 18.5 Å². The zero-order valence-electron chi connectivity index (χ0n) is 21.3. The van der Waals surface area contributed by atoms with Crippen LogP contribution in [0.5, 0.6) is 5.75 Å². The molecule has 3 aromatic rings. The number of nitrogens with zero attached hydrogens (tertiary/aromatic N) is 2. The predicted octanol–water partition coefficient (Wildman–Crippen LogP) is 5.93. The van der Waals surface area contributed by atoms with Crippen LogP contribution in [0.25, 0.3) is 11.4 Å². The van der Waals surface area contributed by atoms with Crippen LogP contribution in [0.2, 0.25) is 5.02 Å². The number of aromatic nitrogens is 2. The lowest BCUT2D eigenvalue weighted by Crippen LogP contribution is -2.29. The third kappa shape index (κ3) is 9.13. The van der Waals surface area contributed by atoms with Gasteiger partial charge in [-0.05, 0) is 54.8 Å². The molecule has 0 aliphatic heterocycles. The standard InChI is InChI=1S/C27H28ClF3N4O4/c1-16(2)11-20(35-19-6-3-17(4-7-19)26(38)32-10-9-24(36)37)15-39-21-13-33-25(34-14-21)22-8-5-18(12-23(22)28)27(29,30)31/h3-8,12-14,16,20,35H,9-11,15H2,1-2H3,(H,32,38)(H,36,37)/t20-/m0/s1. The molecule has 208 valence electrons. The van der Waals surface area contributed by atoms with Crippen molar-refractivity contribution in [3.05, 3.63) is 71.0 Å². The number of nitrogens with one attached hydrogen (secondary N) is 2. The third-order valence-electron chi connectivity index (χ3n) is 5.51. The van der Waals surface area contributed by atoms with E-state index in [0.717, 1.165) is 24.2 Å². The fourth-order valence-electron chi connectivity index (χ4n) is 3.68. The summed E-state index contributed by atoms with van der Waals surface area (Å²) < 4.78 is 44.5. The van der Waals surface area contributed by atoms with Gasteiger partial charge in [0.25, 0.3) is 5.91 Å². The van der Waals surface area contributed by atoms with E-state index in [2.05, 4.69) is 34.4 Å². The Balaban J connectivity index is 1.60. The first-order chi connectivity index (χ1) is 18.4. The highest BCUT2D eigenvalue weighted by atomic mass is 35.5. The molecule has 0 spiro atoms. The first-order valence-corrected chi connectivity index (χ1v) is 12.5. The monoisotopic (exact) mass is 564 g/mol. The highest BCUT2D eigenvalue weighted by molar-refractivity contribution is 6.33. The van der Waals surface area contributed by atoms with Crippen molar-refractivity contribution < 1.29 is 32.6 Å². The molecular formula is C27H28ClF3N4O4. The zero-order valence-corrected chi connectivity index (χ0v) is 22.0. The summed E-state index contributed by atoms with van der Waals surface area (Å²) in [5.74, 6) is -0.438. The number of aliphatic carboxylic acids is 1. The third-order valence-corrected chi connectivity index (χ3v) is 5.83. The number of hydrogen-bond donors (Lipinski definition) is 3. The second-order valence-electron chi connectivity index (χ2n) is 9.19. The van der Waals surface area contributed by atoms with Crippen molar-refractivity contribution >= 4 is 29.2 Å². The molecule has 0 aliphatic carbocycles. The summed E-state index contributed by atoms with van der Waals surface area (Å²) in [4.78, 5) is 31.1. The van der Waals surface area contributed by atoms with Crippen LogP contribution in [0.1, 0.15) is 42.6 Å². The van der Waals surface area contributed by atoms with Crippen LogP contribution in [-0.4, -0.2) is 46.1 Å². The summed E-state index contributed by atoms with van der Waals surface area (Å²) in [5.41, 5.74) is 0.603. The van der Waals surface area contributed by atoms with Crippen LogP contribution < -0.4 is 15.4 Å². The SMILES string of the molecule is CC(C)C[C@@H](COc1cnc(-c2ccc(C(F)(F)F)cc2Cl)nc1)Nc1ccc(C(=O)NCCC(=O)O)cc1. The number of anilines is 1. The van der Waals surface area contributed by atoms with Gasteiger partial charge in [0.2, 0.25) is 0 Å². The molecule has 0 fully saturated rings. The van der Waals surface area contributed by atoms with Crippen molar-refractivity contribution in [3.63, 3.8) is 0 Å².